The average molecular weight is 264 g/mol. The van der Waals surface area contributed by atoms with E-state index in [1.165, 1.54) is 54.1 Å². The van der Waals surface area contributed by atoms with Gasteiger partial charge < -0.3 is 5.32 Å². The van der Waals surface area contributed by atoms with E-state index in [2.05, 4.69) is 26.1 Å². The van der Waals surface area contributed by atoms with Crippen LogP contribution in [0.1, 0.15) is 61.0 Å². The molecule has 2 aliphatic carbocycles. The van der Waals surface area contributed by atoms with Gasteiger partial charge in [-0.3, -0.25) is 0 Å². The van der Waals surface area contributed by atoms with E-state index in [-0.39, 0.29) is 5.54 Å². The van der Waals surface area contributed by atoms with E-state index < -0.39 is 0 Å². The van der Waals surface area contributed by atoms with Crippen LogP contribution < -0.4 is 5.32 Å². The lowest BCUT2D eigenvalue weighted by Crippen LogP contribution is -2.41. The van der Waals surface area contributed by atoms with Crippen LogP contribution in [0.25, 0.3) is 0 Å². The first-order chi connectivity index (χ1) is 8.63. The Morgan fingerprint density at radius 1 is 1.33 bits per heavy atom. The van der Waals surface area contributed by atoms with Crippen molar-refractivity contribution in [2.45, 2.75) is 70.9 Å². The van der Waals surface area contributed by atoms with Crippen molar-refractivity contribution in [1.29, 1.82) is 0 Å². The molecule has 100 valence electrons. The third-order valence-electron chi connectivity index (χ3n) is 4.69. The molecule has 2 unspecified atom stereocenters. The summed E-state index contributed by atoms with van der Waals surface area (Å²) < 4.78 is 0. The summed E-state index contributed by atoms with van der Waals surface area (Å²) in [6, 6.07) is 0.769. The van der Waals surface area contributed by atoms with Crippen LogP contribution in [0.4, 0.5) is 0 Å². The van der Waals surface area contributed by atoms with Gasteiger partial charge in [-0.2, -0.15) is 0 Å². The molecule has 1 N–H and O–H groups in total. The van der Waals surface area contributed by atoms with Gasteiger partial charge in [-0.05, 0) is 51.9 Å². The summed E-state index contributed by atoms with van der Waals surface area (Å²) in [5.41, 5.74) is 1.44. The molecule has 0 radical (unpaired) electrons. The summed E-state index contributed by atoms with van der Waals surface area (Å²) in [7, 11) is 0. The standard InChI is InChI=1S/C15H24N2S/c1-4-12-7-8-15(9-12,17-13-5-6-13)14-16-10(2)11(3)18-14/h12-13,17H,4-9H2,1-3H3. The van der Waals surface area contributed by atoms with Gasteiger partial charge in [0.15, 0.2) is 0 Å². The summed E-state index contributed by atoms with van der Waals surface area (Å²) in [6.45, 7) is 6.68. The van der Waals surface area contributed by atoms with Gasteiger partial charge in [-0.15, -0.1) is 11.3 Å². The zero-order valence-electron chi connectivity index (χ0n) is 11.8. The number of nitrogens with one attached hydrogen (secondary N) is 1. The molecule has 1 aromatic rings. The van der Waals surface area contributed by atoms with Crippen LogP contribution in [0.5, 0.6) is 0 Å². The molecular formula is C15H24N2S. The van der Waals surface area contributed by atoms with Gasteiger partial charge in [0.05, 0.1) is 11.2 Å². The zero-order valence-corrected chi connectivity index (χ0v) is 12.6. The molecular weight excluding hydrogens is 240 g/mol. The third kappa shape index (κ3) is 2.23. The van der Waals surface area contributed by atoms with Crippen molar-refractivity contribution in [3.63, 3.8) is 0 Å². The van der Waals surface area contributed by atoms with Crippen LogP contribution in [0.2, 0.25) is 0 Å². The topological polar surface area (TPSA) is 24.9 Å². The first-order valence-electron chi connectivity index (χ1n) is 7.35. The van der Waals surface area contributed by atoms with Gasteiger partial charge in [0.2, 0.25) is 0 Å². The van der Waals surface area contributed by atoms with Crippen LogP contribution >= 0.6 is 11.3 Å². The predicted molar refractivity (Wildman–Crippen MR) is 77.1 cm³/mol. The molecule has 0 aromatic carbocycles. The van der Waals surface area contributed by atoms with E-state index in [1.54, 1.807) is 0 Å². The van der Waals surface area contributed by atoms with Crippen molar-refractivity contribution in [2.75, 3.05) is 0 Å². The van der Waals surface area contributed by atoms with Crippen LogP contribution in [-0.4, -0.2) is 11.0 Å². The SMILES string of the molecule is CCC1CCC(NC2CC2)(c2nc(C)c(C)s2)C1. The number of rotatable bonds is 4. The van der Waals surface area contributed by atoms with Crippen LogP contribution in [0.15, 0.2) is 0 Å². The van der Waals surface area contributed by atoms with Gasteiger partial charge in [-0.1, -0.05) is 13.3 Å². The Kier molecular flexibility index (Phi) is 3.23. The van der Waals surface area contributed by atoms with Gasteiger partial charge in [0, 0.05) is 10.9 Å². The molecule has 2 nitrogen and oxygen atoms in total. The average Bonchev–Trinajstić information content (AvgIpc) is 2.95. The summed E-state index contributed by atoms with van der Waals surface area (Å²) in [5.74, 6) is 0.890. The molecule has 2 aliphatic rings. The number of aromatic nitrogens is 1. The normalized spacial score (nSPS) is 32.1. The zero-order chi connectivity index (χ0) is 12.8. The van der Waals surface area contributed by atoms with Crippen molar-refractivity contribution in [1.82, 2.24) is 10.3 Å². The molecule has 1 heterocycles. The van der Waals surface area contributed by atoms with Crippen molar-refractivity contribution in [3.8, 4) is 0 Å². The Labute approximate surface area is 114 Å². The summed E-state index contributed by atoms with van der Waals surface area (Å²) in [5, 5.41) is 5.30. The van der Waals surface area contributed by atoms with Crippen LogP contribution in [0, 0.1) is 19.8 Å². The Bertz CT molecular complexity index is 416. The molecule has 2 atom stereocenters. The van der Waals surface area contributed by atoms with E-state index in [0.29, 0.717) is 0 Å². The first kappa shape index (κ1) is 12.6. The molecule has 0 saturated heterocycles. The molecule has 1 aromatic heterocycles. The maximum atomic E-state index is 4.87. The highest BCUT2D eigenvalue weighted by molar-refractivity contribution is 7.11. The fourth-order valence-corrected chi connectivity index (χ4v) is 4.28. The number of nitrogens with zero attached hydrogens (tertiary/aromatic N) is 1. The molecule has 3 heteroatoms. The molecule has 2 saturated carbocycles. The lowest BCUT2D eigenvalue weighted by molar-refractivity contribution is 0.320. The van der Waals surface area contributed by atoms with E-state index in [1.807, 2.05) is 11.3 Å². The molecule has 0 amide bonds. The highest BCUT2D eigenvalue weighted by Gasteiger charge is 2.45. The fraction of sp³-hybridized carbons (Fsp3) is 0.800. The smallest absolute Gasteiger partial charge is 0.113 e. The highest BCUT2D eigenvalue weighted by atomic mass is 32.1. The largest absolute Gasteiger partial charge is 0.303 e. The third-order valence-corrected chi connectivity index (χ3v) is 5.97. The van der Waals surface area contributed by atoms with Crippen molar-refractivity contribution in [3.05, 3.63) is 15.6 Å². The quantitative estimate of drug-likeness (QED) is 0.891. The summed E-state index contributed by atoms with van der Waals surface area (Å²) in [4.78, 5) is 6.26. The highest BCUT2D eigenvalue weighted by Crippen LogP contribution is 2.46. The minimum absolute atomic E-state index is 0.214. The molecule has 0 spiro atoms. The molecule has 0 aliphatic heterocycles. The van der Waals surface area contributed by atoms with E-state index >= 15 is 0 Å². The Hall–Kier alpha value is -0.410. The number of thiazole rings is 1. The Morgan fingerprint density at radius 3 is 2.61 bits per heavy atom. The second kappa shape index (κ2) is 4.61. The van der Waals surface area contributed by atoms with E-state index in [9.17, 15) is 0 Å². The van der Waals surface area contributed by atoms with E-state index in [4.69, 9.17) is 4.98 Å². The predicted octanol–water partition coefficient (Wildman–Crippen LogP) is 3.92. The Morgan fingerprint density at radius 2 is 2.11 bits per heavy atom. The second-order valence-electron chi connectivity index (χ2n) is 6.18. The molecule has 3 rings (SSSR count). The number of hydrogen-bond donors (Lipinski definition) is 1. The monoisotopic (exact) mass is 264 g/mol. The second-order valence-corrected chi connectivity index (χ2v) is 7.38. The number of aryl methyl sites for hydroxylation is 2. The van der Waals surface area contributed by atoms with Gasteiger partial charge in [0.25, 0.3) is 0 Å². The van der Waals surface area contributed by atoms with Crippen molar-refractivity contribution < 1.29 is 0 Å². The number of hydrogen-bond acceptors (Lipinski definition) is 3. The molecule has 0 bridgehead atoms. The van der Waals surface area contributed by atoms with Crippen molar-refractivity contribution in [2.24, 2.45) is 5.92 Å². The van der Waals surface area contributed by atoms with Crippen LogP contribution in [-0.2, 0) is 5.54 Å². The first-order valence-corrected chi connectivity index (χ1v) is 8.17. The molecule has 18 heavy (non-hydrogen) atoms. The maximum Gasteiger partial charge on any atom is 0.113 e. The Balaban J connectivity index is 1.89. The van der Waals surface area contributed by atoms with E-state index in [0.717, 1.165) is 12.0 Å². The minimum Gasteiger partial charge on any atom is -0.303 e. The van der Waals surface area contributed by atoms with Crippen molar-refractivity contribution >= 4 is 11.3 Å². The lowest BCUT2D eigenvalue weighted by Gasteiger charge is -2.29. The summed E-state index contributed by atoms with van der Waals surface area (Å²) in [6.07, 6.45) is 8.00. The van der Waals surface area contributed by atoms with Crippen LogP contribution in [0.3, 0.4) is 0 Å². The minimum atomic E-state index is 0.214. The van der Waals surface area contributed by atoms with Gasteiger partial charge in [-0.25, -0.2) is 4.98 Å². The van der Waals surface area contributed by atoms with Gasteiger partial charge in [0.1, 0.15) is 5.01 Å². The lowest BCUT2D eigenvalue weighted by atomic mass is 9.95. The summed E-state index contributed by atoms with van der Waals surface area (Å²) >= 11 is 1.92. The van der Waals surface area contributed by atoms with Gasteiger partial charge >= 0.3 is 0 Å². The molecule has 2 fully saturated rings. The fourth-order valence-electron chi connectivity index (χ4n) is 3.18. The maximum absolute atomic E-state index is 4.87.